The van der Waals surface area contributed by atoms with Crippen molar-refractivity contribution in [3.05, 3.63) is 144 Å². The fourth-order valence-corrected chi connectivity index (χ4v) is 7.85. The molecule has 2 aromatic heterocycles. The molecule has 7 rings (SSSR count). The van der Waals surface area contributed by atoms with Crippen LogP contribution in [0.5, 0.6) is 11.5 Å². The van der Waals surface area contributed by atoms with E-state index >= 15 is 4.39 Å². The standard InChI is InChI=1S/C44H48FN5O6Si/c1-43(2,3)57(6,7)54-26-35-38(36(45)42(55-35)50-28-48-37-39(46-27-47-40(37)50)49-41(51)29-14-10-8-11-15-29)56-44(30-16-12-9-13-17-30,31-18-22-33(52-4)23-19-31)32-20-24-34(53-5)25-21-32/h8-25,27-28,35-36,38,42H,26H2,1-7H3,(H,46,47,49,51)/t35-,36-,38-,42-/m1/s1. The summed E-state index contributed by atoms with van der Waals surface area (Å²) in [6.07, 6.45) is -2.23. The first kappa shape index (κ1) is 39.8. The second kappa shape index (κ2) is 16.2. The van der Waals surface area contributed by atoms with E-state index in [-0.39, 0.29) is 34.5 Å². The van der Waals surface area contributed by atoms with Crippen molar-refractivity contribution in [2.45, 2.75) is 69.1 Å². The van der Waals surface area contributed by atoms with E-state index in [1.54, 1.807) is 38.5 Å². The smallest absolute Gasteiger partial charge is 0.256 e. The number of nitrogens with zero attached hydrogens (tertiary/aromatic N) is 4. The van der Waals surface area contributed by atoms with Gasteiger partial charge < -0.3 is 28.7 Å². The van der Waals surface area contributed by atoms with Crippen LogP contribution in [-0.2, 0) is 19.5 Å². The number of aromatic nitrogens is 4. The lowest BCUT2D eigenvalue weighted by molar-refractivity contribution is -0.103. The summed E-state index contributed by atoms with van der Waals surface area (Å²) in [5.74, 6) is 1.15. The van der Waals surface area contributed by atoms with E-state index in [4.69, 9.17) is 23.4 Å². The van der Waals surface area contributed by atoms with Crippen LogP contribution in [0.3, 0.4) is 0 Å². The third-order valence-electron chi connectivity index (χ3n) is 11.1. The molecule has 1 aliphatic heterocycles. The third-order valence-corrected chi connectivity index (χ3v) is 15.6. The van der Waals surface area contributed by atoms with Crippen LogP contribution < -0.4 is 14.8 Å². The van der Waals surface area contributed by atoms with Crippen LogP contribution in [0, 0.1) is 0 Å². The number of hydrogen-bond acceptors (Lipinski definition) is 9. The number of alkyl halides is 1. The van der Waals surface area contributed by atoms with Gasteiger partial charge in [-0.2, -0.15) is 0 Å². The molecular weight excluding hydrogens is 742 g/mol. The molecule has 1 amide bonds. The van der Waals surface area contributed by atoms with Crippen molar-refractivity contribution < 1.29 is 32.6 Å². The first-order valence-electron chi connectivity index (χ1n) is 18.9. The van der Waals surface area contributed by atoms with Crippen molar-refractivity contribution in [2.75, 3.05) is 26.1 Å². The first-order chi connectivity index (χ1) is 27.4. The Morgan fingerprint density at radius 1 is 0.807 bits per heavy atom. The fraction of sp³-hybridized carbons (Fsp3) is 0.318. The number of ether oxygens (including phenoxy) is 4. The highest BCUT2D eigenvalue weighted by atomic mass is 28.4. The number of carbonyl (C=O) groups excluding carboxylic acids is 1. The molecule has 1 saturated heterocycles. The normalized spacial score (nSPS) is 18.7. The number of methoxy groups -OCH3 is 2. The highest BCUT2D eigenvalue weighted by Gasteiger charge is 2.53. The molecule has 11 nitrogen and oxygen atoms in total. The molecule has 1 fully saturated rings. The van der Waals surface area contributed by atoms with Crippen molar-refractivity contribution in [3.8, 4) is 11.5 Å². The monoisotopic (exact) mass is 789 g/mol. The van der Waals surface area contributed by atoms with Gasteiger partial charge in [0, 0.05) is 5.56 Å². The number of fused-ring (bicyclic) bond motifs is 1. The van der Waals surface area contributed by atoms with Crippen molar-refractivity contribution in [1.29, 1.82) is 0 Å². The number of benzene rings is 4. The predicted molar refractivity (Wildman–Crippen MR) is 219 cm³/mol. The van der Waals surface area contributed by atoms with Crippen LogP contribution in [0.15, 0.2) is 122 Å². The van der Waals surface area contributed by atoms with E-state index < -0.39 is 38.5 Å². The largest absolute Gasteiger partial charge is 0.497 e. The molecule has 0 saturated carbocycles. The zero-order valence-corrected chi connectivity index (χ0v) is 34.2. The maximum absolute atomic E-state index is 17.8. The van der Waals surface area contributed by atoms with Crippen LogP contribution >= 0.6 is 0 Å². The van der Waals surface area contributed by atoms with Gasteiger partial charge in [0.25, 0.3) is 5.91 Å². The number of amides is 1. The van der Waals surface area contributed by atoms with Gasteiger partial charge in [0.2, 0.25) is 0 Å². The summed E-state index contributed by atoms with van der Waals surface area (Å²) < 4.78 is 51.2. The van der Waals surface area contributed by atoms with E-state index in [0.717, 1.165) is 16.7 Å². The predicted octanol–water partition coefficient (Wildman–Crippen LogP) is 8.73. The van der Waals surface area contributed by atoms with Crippen molar-refractivity contribution in [3.63, 3.8) is 0 Å². The molecule has 13 heteroatoms. The second-order valence-corrected chi connectivity index (χ2v) is 20.3. The summed E-state index contributed by atoms with van der Waals surface area (Å²) >= 11 is 0. The highest BCUT2D eigenvalue weighted by Crippen LogP contribution is 2.47. The minimum Gasteiger partial charge on any atom is -0.497 e. The maximum atomic E-state index is 17.8. The van der Waals surface area contributed by atoms with Crippen LogP contribution in [-0.4, -0.2) is 72.9 Å². The minimum absolute atomic E-state index is 0.0776. The summed E-state index contributed by atoms with van der Waals surface area (Å²) in [5.41, 5.74) is 1.96. The van der Waals surface area contributed by atoms with Gasteiger partial charge in [0.15, 0.2) is 37.7 Å². The summed E-state index contributed by atoms with van der Waals surface area (Å²) in [6.45, 7) is 10.8. The molecule has 1 aliphatic rings. The van der Waals surface area contributed by atoms with Gasteiger partial charge in [-0.1, -0.05) is 93.6 Å². The molecule has 1 N–H and O–H groups in total. The number of halogens is 1. The van der Waals surface area contributed by atoms with Gasteiger partial charge in [-0.05, 0) is 71.2 Å². The number of hydrogen-bond donors (Lipinski definition) is 1. The van der Waals surface area contributed by atoms with Crippen molar-refractivity contribution in [1.82, 2.24) is 19.5 Å². The molecule has 4 aromatic carbocycles. The number of rotatable bonds is 13. The molecule has 57 heavy (non-hydrogen) atoms. The Kier molecular flexibility index (Phi) is 11.3. The molecule has 4 atom stereocenters. The Balaban J connectivity index is 1.34. The third kappa shape index (κ3) is 7.80. The summed E-state index contributed by atoms with van der Waals surface area (Å²) in [6, 6.07) is 33.7. The molecule has 3 heterocycles. The maximum Gasteiger partial charge on any atom is 0.256 e. The average molecular weight is 790 g/mol. The number of carbonyl (C=O) groups is 1. The lowest BCUT2D eigenvalue weighted by Gasteiger charge is -2.40. The number of nitrogens with one attached hydrogen (secondary N) is 1. The lowest BCUT2D eigenvalue weighted by Crippen LogP contribution is -2.47. The van der Waals surface area contributed by atoms with Gasteiger partial charge in [0.1, 0.15) is 35.6 Å². The molecule has 296 valence electrons. The fourth-order valence-electron chi connectivity index (χ4n) is 6.83. The van der Waals surface area contributed by atoms with Crippen LogP contribution in [0.4, 0.5) is 10.2 Å². The Morgan fingerprint density at radius 3 is 1.93 bits per heavy atom. The van der Waals surface area contributed by atoms with Gasteiger partial charge in [-0.3, -0.25) is 9.36 Å². The average Bonchev–Trinajstić information content (AvgIpc) is 3.80. The SMILES string of the molecule is COc1ccc(C(O[C@H]2[C@@H](F)[C@H](n3cnc4c(NC(=O)c5ccccc5)ncnc43)O[C@@H]2CO[Si](C)(C)C(C)(C)C)(c2ccccc2)c2ccc(OC)cc2)cc1. The van der Waals surface area contributed by atoms with Crippen LogP contribution in [0.25, 0.3) is 11.2 Å². The molecule has 0 radical (unpaired) electrons. The molecule has 0 bridgehead atoms. The Bertz CT molecular complexity index is 2240. The Hall–Kier alpha value is -5.47. The zero-order chi connectivity index (χ0) is 40.4. The summed E-state index contributed by atoms with van der Waals surface area (Å²) in [7, 11) is 0.880. The first-order valence-corrected chi connectivity index (χ1v) is 21.8. The Morgan fingerprint density at radius 2 is 1.37 bits per heavy atom. The van der Waals surface area contributed by atoms with E-state index in [9.17, 15) is 4.79 Å². The summed E-state index contributed by atoms with van der Waals surface area (Å²) in [4.78, 5) is 26.4. The Labute approximate surface area is 333 Å². The van der Waals surface area contributed by atoms with Gasteiger partial charge in [-0.15, -0.1) is 0 Å². The lowest BCUT2D eigenvalue weighted by atomic mass is 9.79. The van der Waals surface area contributed by atoms with Gasteiger partial charge >= 0.3 is 0 Å². The molecule has 0 aliphatic carbocycles. The molecule has 0 spiro atoms. The van der Waals surface area contributed by atoms with E-state index in [2.05, 4.69) is 54.1 Å². The minimum atomic E-state index is -2.34. The molecular formula is C44H48FN5O6Si. The number of imidazole rings is 1. The van der Waals surface area contributed by atoms with Gasteiger partial charge in [-0.25, -0.2) is 19.3 Å². The van der Waals surface area contributed by atoms with Crippen molar-refractivity contribution >= 4 is 31.2 Å². The van der Waals surface area contributed by atoms with E-state index in [1.807, 2.05) is 84.9 Å². The van der Waals surface area contributed by atoms with Crippen LogP contribution in [0.2, 0.25) is 18.1 Å². The molecule has 6 aromatic rings. The van der Waals surface area contributed by atoms with E-state index in [0.29, 0.717) is 17.1 Å². The van der Waals surface area contributed by atoms with Gasteiger partial charge in [0.05, 0.1) is 27.2 Å². The topological polar surface area (TPSA) is 119 Å². The highest BCUT2D eigenvalue weighted by molar-refractivity contribution is 6.74. The summed E-state index contributed by atoms with van der Waals surface area (Å²) in [5, 5.41) is 2.71. The zero-order valence-electron chi connectivity index (χ0n) is 33.2. The van der Waals surface area contributed by atoms with Crippen LogP contribution in [0.1, 0.15) is 54.0 Å². The van der Waals surface area contributed by atoms with Crippen molar-refractivity contribution in [2.24, 2.45) is 0 Å². The number of anilines is 1. The molecule has 0 unspecified atom stereocenters. The quantitative estimate of drug-likeness (QED) is 0.0906. The van der Waals surface area contributed by atoms with E-state index in [1.165, 1.54) is 17.2 Å². The second-order valence-electron chi connectivity index (χ2n) is 15.5.